The van der Waals surface area contributed by atoms with Gasteiger partial charge in [0.25, 0.3) is 0 Å². The molecule has 2 aromatic rings. The van der Waals surface area contributed by atoms with Gasteiger partial charge < -0.3 is 0 Å². The molecule has 2 aliphatic rings. The first kappa shape index (κ1) is 21.2. The van der Waals surface area contributed by atoms with E-state index in [0.29, 0.717) is 0 Å². The van der Waals surface area contributed by atoms with Gasteiger partial charge in [-0.05, 0) is 111 Å². The van der Waals surface area contributed by atoms with Crippen molar-refractivity contribution in [1.29, 1.82) is 0 Å². The van der Waals surface area contributed by atoms with Crippen molar-refractivity contribution in [3.63, 3.8) is 0 Å². The lowest BCUT2D eigenvalue weighted by Gasteiger charge is -2.27. The molecule has 2 aliphatic carbocycles. The molecule has 30 heavy (non-hydrogen) atoms. The third-order valence-electron chi connectivity index (χ3n) is 7.57. The summed E-state index contributed by atoms with van der Waals surface area (Å²) in [5, 5.41) is 0. The molecule has 158 valence electrons. The van der Waals surface area contributed by atoms with E-state index >= 15 is 0 Å². The molecule has 0 bridgehead atoms. The van der Waals surface area contributed by atoms with Crippen molar-refractivity contribution in [2.45, 2.75) is 77.0 Å². The summed E-state index contributed by atoms with van der Waals surface area (Å²) in [5.74, 6) is 3.12. The first-order valence-electron chi connectivity index (χ1n) is 12.2. The lowest BCUT2D eigenvalue weighted by molar-refractivity contribution is 0.375. The first-order valence-corrected chi connectivity index (χ1v) is 12.2. The van der Waals surface area contributed by atoms with Gasteiger partial charge in [0.15, 0.2) is 0 Å². The van der Waals surface area contributed by atoms with E-state index in [-0.39, 0.29) is 0 Å². The van der Waals surface area contributed by atoms with E-state index in [1.807, 2.05) is 0 Å². The predicted molar refractivity (Wildman–Crippen MR) is 131 cm³/mol. The standard InChI is InChI=1S/C30H38/c1-3-5-23-7-11-25(12-8-23)27-15-19-29(20-16-27)30-21-17-28(18-22-30)26-13-9-24(6-4-2)10-14-26/h3-6,15-26H,7-14H2,1-2H3. The van der Waals surface area contributed by atoms with E-state index in [0.717, 1.165) is 23.7 Å². The third kappa shape index (κ3) is 5.15. The van der Waals surface area contributed by atoms with Crippen LogP contribution in [0.4, 0.5) is 0 Å². The van der Waals surface area contributed by atoms with Gasteiger partial charge in [-0.25, -0.2) is 0 Å². The second-order valence-corrected chi connectivity index (χ2v) is 9.52. The average molecular weight is 399 g/mol. The molecule has 0 unspecified atom stereocenters. The molecule has 0 N–H and O–H groups in total. The zero-order chi connectivity index (χ0) is 20.8. The highest BCUT2D eigenvalue weighted by molar-refractivity contribution is 5.64. The summed E-state index contributed by atoms with van der Waals surface area (Å²) in [7, 11) is 0. The molecule has 0 saturated heterocycles. The van der Waals surface area contributed by atoms with Crippen LogP contribution in [0.3, 0.4) is 0 Å². The second-order valence-electron chi connectivity index (χ2n) is 9.52. The maximum atomic E-state index is 2.40. The van der Waals surface area contributed by atoms with Gasteiger partial charge in [0, 0.05) is 0 Å². The SMILES string of the molecule is CC=CC1CCC(c2ccc(-c3ccc(C4CCC(C=CC)CC4)cc3)cc2)CC1. The van der Waals surface area contributed by atoms with Crippen LogP contribution in [0.25, 0.3) is 11.1 Å². The Balaban J connectivity index is 1.36. The Hall–Kier alpha value is -2.08. The molecule has 0 heteroatoms. The molecule has 0 spiro atoms. The normalized spacial score (nSPS) is 27.7. The average Bonchev–Trinajstić information content (AvgIpc) is 2.81. The van der Waals surface area contributed by atoms with Crippen molar-refractivity contribution in [3.05, 3.63) is 84.0 Å². The van der Waals surface area contributed by atoms with Gasteiger partial charge in [0.05, 0.1) is 0 Å². The van der Waals surface area contributed by atoms with Crippen molar-refractivity contribution < 1.29 is 0 Å². The molecule has 0 aliphatic heterocycles. The lowest BCUT2D eigenvalue weighted by Crippen LogP contribution is -2.11. The molecule has 0 atom stereocenters. The van der Waals surface area contributed by atoms with Crippen molar-refractivity contribution in [2.75, 3.05) is 0 Å². The van der Waals surface area contributed by atoms with Crippen molar-refractivity contribution >= 4 is 0 Å². The highest BCUT2D eigenvalue weighted by Gasteiger charge is 2.22. The molecule has 0 aromatic heterocycles. The van der Waals surface area contributed by atoms with Crippen molar-refractivity contribution in [3.8, 4) is 11.1 Å². The summed E-state index contributed by atoms with van der Waals surface area (Å²) in [6, 6.07) is 18.9. The fourth-order valence-electron chi connectivity index (χ4n) is 5.73. The lowest BCUT2D eigenvalue weighted by atomic mass is 9.78. The molecule has 0 heterocycles. The fourth-order valence-corrected chi connectivity index (χ4v) is 5.73. The van der Waals surface area contributed by atoms with Crippen LogP contribution in [0, 0.1) is 11.8 Å². The summed E-state index contributed by atoms with van der Waals surface area (Å²) in [5.41, 5.74) is 5.77. The molecular formula is C30H38. The Morgan fingerprint density at radius 3 is 1.13 bits per heavy atom. The molecular weight excluding hydrogens is 360 g/mol. The van der Waals surface area contributed by atoms with Crippen LogP contribution < -0.4 is 0 Å². The van der Waals surface area contributed by atoms with Crippen LogP contribution >= 0.6 is 0 Å². The van der Waals surface area contributed by atoms with Crippen LogP contribution in [-0.4, -0.2) is 0 Å². The molecule has 2 fully saturated rings. The number of rotatable bonds is 5. The molecule has 2 saturated carbocycles. The van der Waals surface area contributed by atoms with Gasteiger partial charge in [-0.1, -0.05) is 72.8 Å². The van der Waals surface area contributed by atoms with Crippen LogP contribution in [-0.2, 0) is 0 Å². The largest absolute Gasteiger partial charge is 0.0914 e. The van der Waals surface area contributed by atoms with E-state index in [1.165, 1.54) is 73.6 Å². The predicted octanol–water partition coefficient (Wildman–Crippen LogP) is 9.05. The number of hydrogen-bond acceptors (Lipinski definition) is 0. The molecule has 4 rings (SSSR count). The summed E-state index contributed by atoms with van der Waals surface area (Å²) in [6.07, 6.45) is 19.9. The minimum atomic E-state index is 0.751. The van der Waals surface area contributed by atoms with Crippen LogP contribution in [0.15, 0.2) is 72.8 Å². The molecule has 0 radical (unpaired) electrons. The topological polar surface area (TPSA) is 0 Å². The highest BCUT2D eigenvalue weighted by atomic mass is 14.3. The highest BCUT2D eigenvalue weighted by Crippen LogP contribution is 2.38. The number of allylic oxidation sites excluding steroid dienone is 4. The smallest absolute Gasteiger partial charge is 0.0162 e. The number of benzene rings is 2. The minimum Gasteiger partial charge on any atom is -0.0914 e. The first-order chi connectivity index (χ1) is 14.8. The monoisotopic (exact) mass is 398 g/mol. The van der Waals surface area contributed by atoms with E-state index in [1.54, 1.807) is 0 Å². The Labute approximate surface area is 184 Å². The van der Waals surface area contributed by atoms with E-state index in [2.05, 4.69) is 86.7 Å². The van der Waals surface area contributed by atoms with Gasteiger partial charge in [-0.15, -0.1) is 0 Å². The van der Waals surface area contributed by atoms with Crippen LogP contribution in [0.1, 0.15) is 88.2 Å². The van der Waals surface area contributed by atoms with Gasteiger partial charge in [-0.3, -0.25) is 0 Å². The van der Waals surface area contributed by atoms with Gasteiger partial charge in [0.2, 0.25) is 0 Å². The molecule has 0 nitrogen and oxygen atoms in total. The zero-order valence-electron chi connectivity index (χ0n) is 18.9. The Morgan fingerprint density at radius 2 is 0.833 bits per heavy atom. The van der Waals surface area contributed by atoms with Crippen LogP contribution in [0.2, 0.25) is 0 Å². The molecule has 0 amide bonds. The zero-order valence-corrected chi connectivity index (χ0v) is 18.9. The third-order valence-corrected chi connectivity index (χ3v) is 7.57. The summed E-state index contributed by atoms with van der Waals surface area (Å²) < 4.78 is 0. The van der Waals surface area contributed by atoms with E-state index in [4.69, 9.17) is 0 Å². The Morgan fingerprint density at radius 1 is 0.500 bits per heavy atom. The molecule has 2 aromatic carbocycles. The fraction of sp³-hybridized carbons (Fsp3) is 0.467. The second kappa shape index (κ2) is 10.3. The summed E-state index contributed by atoms with van der Waals surface area (Å²) in [6.45, 7) is 4.29. The van der Waals surface area contributed by atoms with Crippen molar-refractivity contribution in [1.82, 2.24) is 0 Å². The number of hydrogen-bond donors (Lipinski definition) is 0. The minimum absolute atomic E-state index is 0.751. The Bertz CT molecular complexity index is 747. The summed E-state index contributed by atoms with van der Waals surface area (Å²) >= 11 is 0. The van der Waals surface area contributed by atoms with E-state index in [9.17, 15) is 0 Å². The van der Waals surface area contributed by atoms with Gasteiger partial charge in [0.1, 0.15) is 0 Å². The quantitative estimate of drug-likeness (QED) is 0.441. The van der Waals surface area contributed by atoms with Crippen LogP contribution in [0.5, 0.6) is 0 Å². The Kier molecular flexibility index (Phi) is 7.26. The van der Waals surface area contributed by atoms with E-state index < -0.39 is 0 Å². The van der Waals surface area contributed by atoms with Gasteiger partial charge >= 0.3 is 0 Å². The van der Waals surface area contributed by atoms with Crippen molar-refractivity contribution in [2.24, 2.45) is 11.8 Å². The maximum absolute atomic E-state index is 2.40. The van der Waals surface area contributed by atoms with Gasteiger partial charge in [-0.2, -0.15) is 0 Å². The maximum Gasteiger partial charge on any atom is -0.0162 e. The summed E-state index contributed by atoms with van der Waals surface area (Å²) in [4.78, 5) is 0.